The zero-order valence-corrected chi connectivity index (χ0v) is 11.6. The van der Waals surface area contributed by atoms with Crippen LogP contribution in [0.4, 0.5) is 4.39 Å². The van der Waals surface area contributed by atoms with Crippen LogP contribution in [0.15, 0.2) is 36.5 Å². The van der Waals surface area contributed by atoms with Gasteiger partial charge in [-0.15, -0.1) is 0 Å². The lowest BCUT2D eigenvalue weighted by Gasteiger charge is -2.20. The predicted molar refractivity (Wildman–Crippen MR) is 75.6 cm³/mol. The van der Waals surface area contributed by atoms with Crippen molar-refractivity contribution in [3.63, 3.8) is 0 Å². The standard InChI is InChI=1S/C16H19FN2/c1-4-18-16(13-5-7-14(17)8-6-13)15-12(3)9-11(2)10-19-15/h5-10,16,18H,4H2,1-3H3. The summed E-state index contributed by atoms with van der Waals surface area (Å²) >= 11 is 0. The second-order valence-corrected chi connectivity index (χ2v) is 4.76. The summed E-state index contributed by atoms with van der Waals surface area (Å²) in [5.41, 5.74) is 4.33. The quantitative estimate of drug-likeness (QED) is 0.907. The molecule has 2 aromatic rings. The van der Waals surface area contributed by atoms with Crippen molar-refractivity contribution in [3.05, 3.63) is 64.7 Å². The van der Waals surface area contributed by atoms with E-state index < -0.39 is 0 Å². The molecule has 19 heavy (non-hydrogen) atoms. The van der Waals surface area contributed by atoms with Crippen LogP contribution in [0.2, 0.25) is 0 Å². The molecule has 1 heterocycles. The van der Waals surface area contributed by atoms with Crippen molar-refractivity contribution in [2.75, 3.05) is 6.54 Å². The highest BCUT2D eigenvalue weighted by Gasteiger charge is 2.16. The summed E-state index contributed by atoms with van der Waals surface area (Å²) in [5, 5.41) is 3.41. The lowest BCUT2D eigenvalue weighted by Crippen LogP contribution is -2.23. The molecular weight excluding hydrogens is 239 g/mol. The van der Waals surface area contributed by atoms with Crippen molar-refractivity contribution in [1.29, 1.82) is 0 Å². The van der Waals surface area contributed by atoms with Crippen LogP contribution in [0.1, 0.15) is 35.3 Å². The van der Waals surface area contributed by atoms with Crippen LogP contribution in [0, 0.1) is 19.7 Å². The average Bonchev–Trinajstić information content (AvgIpc) is 2.38. The molecule has 2 rings (SSSR count). The molecule has 0 aliphatic carbocycles. The molecular formula is C16H19FN2. The molecule has 0 amide bonds. The van der Waals surface area contributed by atoms with Crippen molar-refractivity contribution in [1.82, 2.24) is 10.3 Å². The Hall–Kier alpha value is -1.74. The second-order valence-electron chi connectivity index (χ2n) is 4.76. The largest absolute Gasteiger partial charge is 0.305 e. The van der Waals surface area contributed by atoms with Gasteiger partial charge in [0.15, 0.2) is 0 Å². The first-order valence-electron chi connectivity index (χ1n) is 6.53. The number of benzene rings is 1. The average molecular weight is 258 g/mol. The molecule has 0 saturated heterocycles. The fourth-order valence-electron chi connectivity index (χ4n) is 2.26. The summed E-state index contributed by atoms with van der Waals surface area (Å²) in [5.74, 6) is -0.215. The van der Waals surface area contributed by atoms with Crippen LogP contribution in [0.25, 0.3) is 0 Å². The van der Waals surface area contributed by atoms with Gasteiger partial charge in [-0.05, 0) is 49.2 Å². The van der Waals surface area contributed by atoms with E-state index in [1.54, 1.807) is 0 Å². The third-order valence-corrected chi connectivity index (χ3v) is 3.14. The number of halogens is 1. The molecule has 0 bridgehead atoms. The van der Waals surface area contributed by atoms with Gasteiger partial charge in [0.25, 0.3) is 0 Å². The van der Waals surface area contributed by atoms with Gasteiger partial charge >= 0.3 is 0 Å². The molecule has 0 fully saturated rings. The number of hydrogen-bond acceptors (Lipinski definition) is 2. The molecule has 1 aromatic heterocycles. The van der Waals surface area contributed by atoms with Crippen LogP contribution < -0.4 is 5.32 Å². The van der Waals surface area contributed by atoms with E-state index in [0.29, 0.717) is 0 Å². The van der Waals surface area contributed by atoms with Crippen LogP contribution >= 0.6 is 0 Å². The maximum atomic E-state index is 13.0. The Bertz CT molecular complexity index is 549. The van der Waals surface area contributed by atoms with E-state index in [-0.39, 0.29) is 11.9 Å². The van der Waals surface area contributed by atoms with E-state index in [9.17, 15) is 4.39 Å². The molecule has 3 heteroatoms. The smallest absolute Gasteiger partial charge is 0.123 e. The highest BCUT2D eigenvalue weighted by atomic mass is 19.1. The van der Waals surface area contributed by atoms with Gasteiger partial charge in [-0.25, -0.2) is 4.39 Å². The highest BCUT2D eigenvalue weighted by molar-refractivity contribution is 5.33. The van der Waals surface area contributed by atoms with Crippen molar-refractivity contribution >= 4 is 0 Å². The molecule has 0 aliphatic heterocycles. The highest BCUT2D eigenvalue weighted by Crippen LogP contribution is 2.23. The fourth-order valence-corrected chi connectivity index (χ4v) is 2.26. The van der Waals surface area contributed by atoms with Crippen molar-refractivity contribution in [3.8, 4) is 0 Å². The number of aromatic nitrogens is 1. The van der Waals surface area contributed by atoms with Gasteiger partial charge < -0.3 is 5.32 Å². The molecule has 0 aliphatic rings. The Kier molecular flexibility index (Phi) is 4.27. The molecule has 0 spiro atoms. The first-order chi connectivity index (χ1) is 9.11. The number of nitrogens with zero attached hydrogens (tertiary/aromatic N) is 1. The molecule has 0 radical (unpaired) electrons. The second kappa shape index (κ2) is 5.93. The molecule has 1 atom stereocenters. The SMILES string of the molecule is CCNC(c1ccc(F)cc1)c1ncc(C)cc1C. The minimum Gasteiger partial charge on any atom is -0.305 e. The van der Waals surface area contributed by atoms with Gasteiger partial charge in [0.2, 0.25) is 0 Å². The molecule has 1 N–H and O–H groups in total. The van der Waals surface area contributed by atoms with Crippen LogP contribution in [-0.4, -0.2) is 11.5 Å². The maximum Gasteiger partial charge on any atom is 0.123 e. The zero-order chi connectivity index (χ0) is 13.8. The number of aryl methyl sites for hydroxylation is 2. The summed E-state index contributed by atoms with van der Waals surface area (Å²) < 4.78 is 13.0. The van der Waals surface area contributed by atoms with E-state index in [2.05, 4.69) is 30.2 Å². The minimum absolute atomic E-state index is 0.00574. The van der Waals surface area contributed by atoms with Gasteiger partial charge in [0.1, 0.15) is 5.82 Å². The van der Waals surface area contributed by atoms with Crippen LogP contribution in [0.5, 0.6) is 0 Å². The van der Waals surface area contributed by atoms with E-state index in [1.165, 1.54) is 12.1 Å². The fraction of sp³-hybridized carbons (Fsp3) is 0.312. The number of nitrogens with one attached hydrogen (secondary N) is 1. The summed E-state index contributed by atoms with van der Waals surface area (Å²) in [4.78, 5) is 4.54. The third kappa shape index (κ3) is 3.18. The summed E-state index contributed by atoms with van der Waals surface area (Å²) in [6.45, 7) is 6.98. The van der Waals surface area contributed by atoms with Gasteiger partial charge in [0, 0.05) is 6.20 Å². The zero-order valence-electron chi connectivity index (χ0n) is 11.6. The molecule has 2 nitrogen and oxygen atoms in total. The van der Waals surface area contributed by atoms with Crippen molar-refractivity contribution in [2.45, 2.75) is 26.8 Å². The Morgan fingerprint density at radius 1 is 1.21 bits per heavy atom. The number of pyridine rings is 1. The number of hydrogen-bond donors (Lipinski definition) is 1. The minimum atomic E-state index is -0.215. The molecule has 100 valence electrons. The summed E-state index contributed by atoms with van der Waals surface area (Å²) in [6, 6.07) is 8.72. The van der Waals surface area contributed by atoms with Gasteiger partial charge in [-0.1, -0.05) is 25.1 Å². The predicted octanol–water partition coefficient (Wildman–Crippen LogP) is 3.54. The topological polar surface area (TPSA) is 24.9 Å². The van der Waals surface area contributed by atoms with E-state index >= 15 is 0 Å². The third-order valence-electron chi connectivity index (χ3n) is 3.14. The monoisotopic (exact) mass is 258 g/mol. The van der Waals surface area contributed by atoms with Crippen LogP contribution in [-0.2, 0) is 0 Å². The summed E-state index contributed by atoms with van der Waals surface area (Å²) in [6.07, 6.45) is 1.87. The lowest BCUT2D eigenvalue weighted by atomic mass is 9.99. The van der Waals surface area contributed by atoms with Gasteiger partial charge in [-0.2, -0.15) is 0 Å². The Morgan fingerprint density at radius 2 is 1.89 bits per heavy atom. The molecule has 0 saturated carbocycles. The van der Waals surface area contributed by atoms with Gasteiger partial charge in [-0.3, -0.25) is 4.98 Å². The molecule has 1 aromatic carbocycles. The number of rotatable bonds is 4. The van der Waals surface area contributed by atoms with E-state index in [0.717, 1.165) is 28.9 Å². The Morgan fingerprint density at radius 3 is 2.47 bits per heavy atom. The summed E-state index contributed by atoms with van der Waals surface area (Å²) in [7, 11) is 0. The van der Waals surface area contributed by atoms with Gasteiger partial charge in [0.05, 0.1) is 11.7 Å². The first-order valence-corrected chi connectivity index (χ1v) is 6.53. The lowest BCUT2D eigenvalue weighted by molar-refractivity contribution is 0.602. The first kappa shape index (κ1) is 13.7. The van der Waals surface area contributed by atoms with E-state index in [4.69, 9.17) is 0 Å². The Labute approximate surface area is 113 Å². The van der Waals surface area contributed by atoms with E-state index in [1.807, 2.05) is 25.3 Å². The van der Waals surface area contributed by atoms with Crippen molar-refractivity contribution < 1.29 is 4.39 Å². The van der Waals surface area contributed by atoms with Crippen molar-refractivity contribution in [2.24, 2.45) is 0 Å². The Balaban J connectivity index is 2.41. The molecule has 1 unspecified atom stereocenters. The normalized spacial score (nSPS) is 12.4. The van der Waals surface area contributed by atoms with Crippen LogP contribution in [0.3, 0.4) is 0 Å². The maximum absolute atomic E-state index is 13.0.